The summed E-state index contributed by atoms with van der Waals surface area (Å²) in [5.74, 6) is 0.230. The van der Waals surface area contributed by atoms with E-state index in [9.17, 15) is 14.9 Å². The summed E-state index contributed by atoms with van der Waals surface area (Å²) in [5.41, 5.74) is 6.09. The highest BCUT2D eigenvalue weighted by Gasteiger charge is 2.21. The van der Waals surface area contributed by atoms with E-state index in [0.717, 1.165) is 19.4 Å². The van der Waals surface area contributed by atoms with E-state index in [0.29, 0.717) is 24.6 Å². The van der Waals surface area contributed by atoms with Crippen molar-refractivity contribution in [3.05, 3.63) is 46.0 Å². The van der Waals surface area contributed by atoms with Gasteiger partial charge in [-0.3, -0.25) is 14.9 Å². The van der Waals surface area contributed by atoms with Crippen LogP contribution in [0.25, 0.3) is 6.08 Å². The number of carbonyl (C=O) groups excluding carboxylic acids is 1. The van der Waals surface area contributed by atoms with Crippen molar-refractivity contribution in [1.82, 2.24) is 4.90 Å². The van der Waals surface area contributed by atoms with Crippen molar-refractivity contribution in [3.63, 3.8) is 0 Å². The maximum Gasteiger partial charge on any atom is 0.276 e. The summed E-state index contributed by atoms with van der Waals surface area (Å²) in [6.07, 6.45) is 4.91. The van der Waals surface area contributed by atoms with Gasteiger partial charge < -0.3 is 10.6 Å². The predicted octanol–water partition coefficient (Wildman–Crippen LogP) is 1.81. The van der Waals surface area contributed by atoms with Gasteiger partial charge in [-0.1, -0.05) is 12.1 Å². The summed E-state index contributed by atoms with van der Waals surface area (Å²) in [6, 6.07) is 6.37. The van der Waals surface area contributed by atoms with Crippen LogP contribution < -0.4 is 5.73 Å². The molecule has 1 atom stereocenters. The largest absolute Gasteiger partial charge is 0.339 e. The Kier molecular flexibility index (Phi) is 5.05. The Bertz CT molecular complexity index is 557. The van der Waals surface area contributed by atoms with Crippen LogP contribution in [0.2, 0.25) is 0 Å². The molecular formula is C15H19N3O3. The highest BCUT2D eigenvalue weighted by molar-refractivity contribution is 5.92. The van der Waals surface area contributed by atoms with Gasteiger partial charge in [0, 0.05) is 25.2 Å². The Morgan fingerprint density at radius 2 is 2.24 bits per heavy atom. The van der Waals surface area contributed by atoms with Gasteiger partial charge in [0.2, 0.25) is 5.91 Å². The molecule has 2 rings (SSSR count). The highest BCUT2D eigenvalue weighted by Crippen LogP contribution is 2.20. The average Bonchev–Trinajstić information content (AvgIpc) is 2.52. The normalized spacial score (nSPS) is 18.9. The van der Waals surface area contributed by atoms with Crippen LogP contribution in [0.1, 0.15) is 18.4 Å². The van der Waals surface area contributed by atoms with Crippen molar-refractivity contribution >= 4 is 17.7 Å². The SMILES string of the molecule is NCC1CCCN(C(=O)C=Cc2ccccc2[N+](=O)[O-])C1. The zero-order chi connectivity index (χ0) is 15.2. The Labute approximate surface area is 123 Å². The predicted molar refractivity (Wildman–Crippen MR) is 80.5 cm³/mol. The number of carbonyl (C=O) groups is 1. The number of hydrogen-bond donors (Lipinski definition) is 1. The van der Waals surface area contributed by atoms with Crippen molar-refractivity contribution < 1.29 is 9.72 Å². The van der Waals surface area contributed by atoms with E-state index in [1.807, 2.05) is 0 Å². The molecule has 0 radical (unpaired) electrons. The minimum absolute atomic E-state index is 0.0000267. The summed E-state index contributed by atoms with van der Waals surface area (Å²) >= 11 is 0. The number of nitrogens with zero attached hydrogens (tertiary/aromatic N) is 2. The lowest BCUT2D eigenvalue weighted by Gasteiger charge is -2.31. The fourth-order valence-electron chi connectivity index (χ4n) is 2.52. The van der Waals surface area contributed by atoms with Crippen molar-refractivity contribution in [2.24, 2.45) is 11.7 Å². The van der Waals surface area contributed by atoms with Gasteiger partial charge in [-0.15, -0.1) is 0 Å². The average molecular weight is 289 g/mol. The molecule has 6 heteroatoms. The molecule has 2 N–H and O–H groups in total. The third-order valence-electron chi connectivity index (χ3n) is 3.70. The van der Waals surface area contributed by atoms with Crippen molar-refractivity contribution in [2.75, 3.05) is 19.6 Å². The molecule has 1 aromatic rings. The molecule has 1 heterocycles. The fraction of sp³-hybridized carbons (Fsp3) is 0.400. The van der Waals surface area contributed by atoms with E-state index in [1.54, 1.807) is 23.1 Å². The monoisotopic (exact) mass is 289 g/mol. The number of hydrogen-bond acceptors (Lipinski definition) is 4. The van der Waals surface area contributed by atoms with E-state index >= 15 is 0 Å². The number of nitro groups is 1. The molecule has 1 unspecified atom stereocenters. The van der Waals surface area contributed by atoms with Gasteiger partial charge in [0.25, 0.3) is 5.69 Å². The molecule has 1 aliphatic rings. The Morgan fingerprint density at radius 3 is 2.95 bits per heavy atom. The fourth-order valence-corrected chi connectivity index (χ4v) is 2.52. The molecule has 1 saturated heterocycles. The van der Waals surface area contributed by atoms with Crippen LogP contribution in [0, 0.1) is 16.0 Å². The molecule has 0 bridgehead atoms. The van der Waals surface area contributed by atoms with Crippen molar-refractivity contribution in [2.45, 2.75) is 12.8 Å². The lowest BCUT2D eigenvalue weighted by Crippen LogP contribution is -2.41. The van der Waals surface area contributed by atoms with Crippen LogP contribution in [0.4, 0.5) is 5.69 Å². The number of piperidine rings is 1. The number of nitro benzene ring substituents is 1. The van der Waals surface area contributed by atoms with Gasteiger partial charge in [0.1, 0.15) is 0 Å². The van der Waals surface area contributed by atoms with Crippen LogP contribution in [-0.4, -0.2) is 35.4 Å². The number of benzene rings is 1. The molecule has 21 heavy (non-hydrogen) atoms. The van der Waals surface area contributed by atoms with Gasteiger partial charge in [-0.2, -0.15) is 0 Å². The first-order chi connectivity index (χ1) is 10.1. The van der Waals surface area contributed by atoms with Gasteiger partial charge >= 0.3 is 0 Å². The topological polar surface area (TPSA) is 89.5 Å². The Hall–Kier alpha value is -2.21. The first kappa shape index (κ1) is 15.2. The third-order valence-corrected chi connectivity index (χ3v) is 3.70. The lowest BCUT2D eigenvalue weighted by atomic mass is 9.98. The number of para-hydroxylation sites is 1. The molecule has 0 saturated carbocycles. The third kappa shape index (κ3) is 3.88. The Morgan fingerprint density at radius 1 is 1.48 bits per heavy atom. The summed E-state index contributed by atoms with van der Waals surface area (Å²) in [4.78, 5) is 24.4. The minimum atomic E-state index is -0.449. The maximum atomic E-state index is 12.1. The van der Waals surface area contributed by atoms with Crippen LogP contribution in [0.3, 0.4) is 0 Å². The van der Waals surface area contributed by atoms with Crippen molar-refractivity contribution in [3.8, 4) is 0 Å². The first-order valence-electron chi connectivity index (χ1n) is 7.02. The van der Waals surface area contributed by atoms with Crippen LogP contribution in [0.5, 0.6) is 0 Å². The Balaban J connectivity index is 2.07. The van der Waals surface area contributed by atoms with Crippen LogP contribution in [0.15, 0.2) is 30.3 Å². The molecule has 6 nitrogen and oxygen atoms in total. The highest BCUT2D eigenvalue weighted by atomic mass is 16.6. The molecule has 0 aliphatic carbocycles. The van der Waals surface area contributed by atoms with E-state index in [1.165, 1.54) is 18.2 Å². The summed E-state index contributed by atoms with van der Waals surface area (Å²) < 4.78 is 0. The number of nitrogens with two attached hydrogens (primary N) is 1. The second kappa shape index (κ2) is 6.99. The van der Waals surface area contributed by atoms with E-state index in [2.05, 4.69) is 0 Å². The van der Waals surface area contributed by atoms with E-state index < -0.39 is 4.92 Å². The summed E-state index contributed by atoms with van der Waals surface area (Å²) in [7, 11) is 0. The molecule has 0 aromatic heterocycles. The molecule has 1 amide bonds. The van der Waals surface area contributed by atoms with Crippen LogP contribution in [-0.2, 0) is 4.79 Å². The van der Waals surface area contributed by atoms with Crippen LogP contribution >= 0.6 is 0 Å². The smallest absolute Gasteiger partial charge is 0.276 e. The zero-order valence-electron chi connectivity index (χ0n) is 11.8. The van der Waals surface area contributed by atoms with E-state index in [-0.39, 0.29) is 11.6 Å². The van der Waals surface area contributed by atoms with Gasteiger partial charge in [0.15, 0.2) is 0 Å². The quantitative estimate of drug-likeness (QED) is 0.520. The minimum Gasteiger partial charge on any atom is -0.339 e. The van der Waals surface area contributed by atoms with Crippen molar-refractivity contribution in [1.29, 1.82) is 0 Å². The zero-order valence-corrected chi connectivity index (χ0v) is 11.8. The van der Waals surface area contributed by atoms with Gasteiger partial charge in [-0.25, -0.2) is 0 Å². The standard InChI is InChI=1S/C15H19N3O3/c16-10-12-4-3-9-17(11-12)15(19)8-7-13-5-1-2-6-14(13)18(20)21/h1-2,5-8,12H,3-4,9-11,16H2. The second-order valence-electron chi connectivity index (χ2n) is 5.18. The molecule has 1 aromatic carbocycles. The summed E-state index contributed by atoms with van der Waals surface area (Å²) in [6.45, 7) is 1.96. The van der Waals surface area contributed by atoms with Gasteiger partial charge in [0.05, 0.1) is 10.5 Å². The summed E-state index contributed by atoms with van der Waals surface area (Å²) in [5, 5.41) is 10.9. The lowest BCUT2D eigenvalue weighted by molar-refractivity contribution is -0.385. The van der Waals surface area contributed by atoms with Gasteiger partial charge in [-0.05, 0) is 37.4 Å². The molecular weight excluding hydrogens is 270 g/mol. The number of likely N-dealkylation sites (tertiary alicyclic amines) is 1. The molecule has 1 aliphatic heterocycles. The van der Waals surface area contributed by atoms with E-state index in [4.69, 9.17) is 5.73 Å². The molecule has 0 spiro atoms. The first-order valence-corrected chi connectivity index (χ1v) is 7.02. The molecule has 112 valence electrons. The maximum absolute atomic E-state index is 12.1. The number of rotatable bonds is 4. The molecule has 1 fully saturated rings. The second-order valence-corrected chi connectivity index (χ2v) is 5.18. The number of amides is 1.